The summed E-state index contributed by atoms with van der Waals surface area (Å²) in [4.78, 5) is 13.6. The Balaban J connectivity index is 1.79. The van der Waals surface area contributed by atoms with Gasteiger partial charge in [0.1, 0.15) is 9.84 Å². The van der Waals surface area contributed by atoms with Crippen LogP contribution in [0.3, 0.4) is 0 Å². The zero-order valence-corrected chi connectivity index (χ0v) is 10.5. The van der Waals surface area contributed by atoms with E-state index in [0.29, 0.717) is 39.1 Å². The van der Waals surface area contributed by atoms with E-state index in [9.17, 15) is 13.2 Å². The minimum atomic E-state index is -2.86. The summed E-state index contributed by atoms with van der Waals surface area (Å²) in [5.41, 5.74) is 0. The lowest BCUT2D eigenvalue weighted by atomic mass is 10.1. The third kappa shape index (κ3) is 3.57. The molecule has 2 amide bonds. The third-order valence-electron chi connectivity index (χ3n) is 3.18. The lowest BCUT2D eigenvalue weighted by molar-refractivity contribution is 0.0524. The van der Waals surface area contributed by atoms with Gasteiger partial charge in [-0.25, -0.2) is 13.2 Å². The number of hydrogen-bond acceptors (Lipinski definition) is 4. The van der Waals surface area contributed by atoms with E-state index in [1.54, 1.807) is 4.90 Å². The van der Waals surface area contributed by atoms with Gasteiger partial charge in [-0.15, -0.1) is 0 Å². The number of carbonyl (C=O) groups excluding carboxylic acids is 1. The Labute approximate surface area is 101 Å². The van der Waals surface area contributed by atoms with E-state index < -0.39 is 9.84 Å². The zero-order chi connectivity index (χ0) is 12.3. The maximum Gasteiger partial charge on any atom is 0.317 e. The largest absolute Gasteiger partial charge is 0.378 e. The second kappa shape index (κ2) is 5.22. The molecule has 0 spiro atoms. The van der Waals surface area contributed by atoms with Crippen LogP contribution in [0.2, 0.25) is 0 Å². The SMILES string of the molecule is O=C(NC1CCS(=O)(=O)CC1)N1CCOCC1. The van der Waals surface area contributed by atoms with Crippen molar-refractivity contribution in [2.45, 2.75) is 18.9 Å². The van der Waals surface area contributed by atoms with Crippen LogP contribution in [0.5, 0.6) is 0 Å². The van der Waals surface area contributed by atoms with E-state index in [2.05, 4.69) is 5.32 Å². The number of hydrogen-bond donors (Lipinski definition) is 1. The predicted octanol–water partition coefficient (Wildman–Crippen LogP) is -0.395. The molecule has 0 aromatic carbocycles. The molecule has 0 bridgehead atoms. The van der Waals surface area contributed by atoms with Crippen LogP contribution in [-0.4, -0.2) is 63.2 Å². The van der Waals surface area contributed by atoms with Crippen molar-refractivity contribution >= 4 is 15.9 Å². The monoisotopic (exact) mass is 262 g/mol. The Bertz CT molecular complexity index is 362. The number of amides is 2. The molecular weight excluding hydrogens is 244 g/mol. The average Bonchev–Trinajstić information content (AvgIpc) is 2.33. The van der Waals surface area contributed by atoms with Crippen molar-refractivity contribution < 1.29 is 17.9 Å². The molecule has 2 saturated heterocycles. The van der Waals surface area contributed by atoms with Crippen LogP contribution in [0.4, 0.5) is 4.79 Å². The highest BCUT2D eigenvalue weighted by Crippen LogP contribution is 2.12. The highest BCUT2D eigenvalue weighted by molar-refractivity contribution is 7.91. The van der Waals surface area contributed by atoms with Gasteiger partial charge in [0.2, 0.25) is 0 Å². The minimum Gasteiger partial charge on any atom is -0.378 e. The van der Waals surface area contributed by atoms with Crippen molar-refractivity contribution in [3.05, 3.63) is 0 Å². The molecular formula is C10H18N2O4S. The van der Waals surface area contributed by atoms with E-state index in [-0.39, 0.29) is 23.6 Å². The summed E-state index contributed by atoms with van der Waals surface area (Å²) in [5, 5.41) is 2.89. The van der Waals surface area contributed by atoms with Crippen molar-refractivity contribution in [1.29, 1.82) is 0 Å². The van der Waals surface area contributed by atoms with Crippen molar-refractivity contribution in [3.63, 3.8) is 0 Å². The molecule has 0 unspecified atom stereocenters. The maximum absolute atomic E-state index is 11.8. The molecule has 0 saturated carbocycles. The molecule has 1 N–H and O–H groups in total. The number of morpholine rings is 1. The first-order chi connectivity index (χ1) is 8.07. The molecule has 0 atom stereocenters. The highest BCUT2D eigenvalue weighted by Gasteiger charge is 2.26. The van der Waals surface area contributed by atoms with Crippen LogP contribution in [-0.2, 0) is 14.6 Å². The van der Waals surface area contributed by atoms with Crippen LogP contribution in [0, 0.1) is 0 Å². The second-order valence-corrected chi connectivity index (χ2v) is 6.78. The van der Waals surface area contributed by atoms with Crippen LogP contribution >= 0.6 is 0 Å². The van der Waals surface area contributed by atoms with E-state index in [4.69, 9.17) is 4.74 Å². The molecule has 0 aliphatic carbocycles. The Morgan fingerprint density at radius 1 is 1.18 bits per heavy atom. The number of sulfone groups is 1. The van der Waals surface area contributed by atoms with Gasteiger partial charge in [0.25, 0.3) is 0 Å². The van der Waals surface area contributed by atoms with E-state index in [1.807, 2.05) is 0 Å². The van der Waals surface area contributed by atoms with Gasteiger partial charge in [0.05, 0.1) is 24.7 Å². The topological polar surface area (TPSA) is 75.7 Å². The van der Waals surface area contributed by atoms with Crippen LogP contribution < -0.4 is 5.32 Å². The lowest BCUT2D eigenvalue weighted by Gasteiger charge is -2.30. The minimum absolute atomic E-state index is 0.00568. The predicted molar refractivity (Wildman–Crippen MR) is 62.6 cm³/mol. The van der Waals surface area contributed by atoms with Gasteiger partial charge in [0, 0.05) is 19.1 Å². The fourth-order valence-corrected chi connectivity index (χ4v) is 3.56. The molecule has 17 heavy (non-hydrogen) atoms. The normalized spacial score (nSPS) is 25.5. The van der Waals surface area contributed by atoms with E-state index in [0.717, 1.165) is 0 Å². The van der Waals surface area contributed by atoms with Crippen LogP contribution in [0.1, 0.15) is 12.8 Å². The standard InChI is InChI=1S/C10H18N2O4S/c13-10(12-3-5-16-6-4-12)11-9-1-7-17(14,15)8-2-9/h9H,1-8H2,(H,11,13). The third-order valence-corrected chi connectivity index (χ3v) is 4.90. The quantitative estimate of drug-likeness (QED) is 0.698. The van der Waals surface area contributed by atoms with E-state index >= 15 is 0 Å². The van der Waals surface area contributed by atoms with Gasteiger partial charge < -0.3 is 15.0 Å². The molecule has 0 radical (unpaired) electrons. The molecule has 2 rings (SSSR count). The fourth-order valence-electron chi connectivity index (χ4n) is 2.07. The summed E-state index contributed by atoms with van der Waals surface area (Å²) >= 11 is 0. The summed E-state index contributed by atoms with van der Waals surface area (Å²) in [6.45, 7) is 2.37. The molecule has 0 aromatic heterocycles. The average molecular weight is 262 g/mol. The molecule has 2 aliphatic rings. The first-order valence-corrected chi connectivity index (χ1v) is 7.72. The number of ether oxygens (including phenoxy) is 1. The molecule has 6 nitrogen and oxygen atoms in total. The summed E-state index contributed by atoms with van der Waals surface area (Å²) in [6.07, 6.45) is 1.05. The fraction of sp³-hybridized carbons (Fsp3) is 0.900. The number of rotatable bonds is 1. The summed E-state index contributed by atoms with van der Waals surface area (Å²) in [7, 11) is -2.86. The zero-order valence-electron chi connectivity index (χ0n) is 9.72. The smallest absolute Gasteiger partial charge is 0.317 e. The Hall–Kier alpha value is -0.820. The first-order valence-electron chi connectivity index (χ1n) is 5.90. The number of nitrogens with zero attached hydrogens (tertiary/aromatic N) is 1. The van der Waals surface area contributed by atoms with Crippen LogP contribution in [0.25, 0.3) is 0 Å². The van der Waals surface area contributed by atoms with Crippen molar-refractivity contribution in [3.8, 4) is 0 Å². The summed E-state index contributed by atoms with van der Waals surface area (Å²) in [5.74, 6) is 0.363. The Morgan fingerprint density at radius 3 is 2.35 bits per heavy atom. The van der Waals surface area contributed by atoms with Gasteiger partial charge in [-0.3, -0.25) is 0 Å². The highest BCUT2D eigenvalue weighted by atomic mass is 32.2. The van der Waals surface area contributed by atoms with Gasteiger partial charge in [-0.05, 0) is 12.8 Å². The second-order valence-electron chi connectivity index (χ2n) is 4.48. The Morgan fingerprint density at radius 2 is 1.76 bits per heavy atom. The molecule has 2 heterocycles. The van der Waals surface area contributed by atoms with E-state index in [1.165, 1.54) is 0 Å². The molecule has 2 aliphatic heterocycles. The molecule has 7 heteroatoms. The van der Waals surface area contributed by atoms with Gasteiger partial charge in [-0.1, -0.05) is 0 Å². The van der Waals surface area contributed by atoms with Gasteiger partial charge >= 0.3 is 6.03 Å². The van der Waals surface area contributed by atoms with Crippen molar-refractivity contribution in [2.75, 3.05) is 37.8 Å². The first kappa shape index (κ1) is 12.6. The molecule has 98 valence electrons. The molecule has 0 aromatic rings. The summed E-state index contributed by atoms with van der Waals surface area (Å²) < 4.78 is 27.7. The van der Waals surface area contributed by atoms with Crippen molar-refractivity contribution in [2.24, 2.45) is 0 Å². The number of carbonyl (C=O) groups is 1. The maximum atomic E-state index is 11.8. The van der Waals surface area contributed by atoms with Gasteiger partial charge in [0.15, 0.2) is 0 Å². The number of nitrogens with one attached hydrogen (secondary N) is 1. The lowest BCUT2D eigenvalue weighted by Crippen LogP contribution is -2.50. The number of urea groups is 1. The summed E-state index contributed by atoms with van der Waals surface area (Å²) in [6, 6.07) is -0.105. The molecule has 2 fully saturated rings. The Kier molecular flexibility index (Phi) is 3.88. The van der Waals surface area contributed by atoms with Crippen LogP contribution in [0.15, 0.2) is 0 Å². The van der Waals surface area contributed by atoms with Crippen molar-refractivity contribution in [1.82, 2.24) is 10.2 Å². The van der Waals surface area contributed by atoms with Gasteiger partial charge in [-0.2, -0.15) is 0 Å².